The van der Waals surface area contributed by atoms with Crippen molar-refractivity contribution in [1.29, 1.82) is 0 Å². The summed E-state index contributed by atoms with van der Waals surface area (Å²) in [5.41, 5.74) is 1.82. The number of aromatic hydroxyl groups is 1. The summed E-state index contributed by atoms with van der Waals surface area (Å²) in [7, 11) is 0. The number of nitrogens with one attached hydrogen (secondary N) is 1. The molecule has 0 aromatic heterocycles. The van der Waals surface area contributed by atoms with Crippen LogP contribution in [0.1, 0.15) is 18.4 Å². The largest absolute Gasteiger partial charge is 0.506 e. The molecule has 1 amide bonds. The van der Waals surface area contributed by atoms with Crippen LogP contribution in [-0.2, 0) is 11.2 Å². The molecular weight excluding hydrogens is 274 g/mol. The van der Waals surface area contributed by atoms with Gasteiger partial charge in [0, 0.05) is 12.1 Å². The first kappa shape index (κ1) is 14.4. The number of aryl methyl sites for hydroxylation is 1. The van der Waals surface area contributed by atoms with E-state index in [1.807, 2.05) is 18.2 Å². The number of carbonyl (C=O) groups is 1. The normalized spacial score (nSPS) is 10.2. The van der Waals surface area contributed by atoms with Crippen LogP contribution in [0, 0.1) is 0 Å². The van der Waals surface area contributed by atoms with Crippen molar-refractivity contribution in [3.05, 3.63) is 59.1 Å². The second-order valence-electron chi connectivity index (χ2n) is 4.55. The van der Waals surface area contributed by atoms with Gasteiger partial charge in [-0.3, -0.25) is 4.79 Å². The molecule has 0 bridgehead atoms. The second kappa shape index (κ2) is 6.96. The van der Waals surface area contributed by atoms with E-state index in [0.29, 0.717) is 12.1 Å². The number of benzene rings is 2. The fraction of sp³-hybridized carbons (Fsp3) is 0.188. The molecule has 0 aliphatic heterocycles. The van der Waals surface area contributed by atoms with Crippen LogP contribution in [0.4, 0.5) is 5.69 Å². The molecule has 2 N–H and O–H groups in total. The van der Waals surface area contributed by atoms with Gasteiger partial charge in [0.25, 0.3) is 0 Å². The number of hydrogen-bond acceptors (Lipinski definition) is 2. The molecule has 3 nitrogen and oxygen atoms in total. The molecule has 0 saturated heterocycles. The Bertz CT molecular complexity index is 584. The fourth-order valence-corrected chi connectivity index (χ4v) is 2.09. The van der Waals surface area contributed by atoms with Gasteiger partial charge in [0.2, 0.25) is 5.91 Å². The van der Waals surface area contributed by atoms with E-state index in [2.05, 4.69) is 17.4 Å². The van der Waals surface area contributed by atoms with E-state index < -0.39 is 0 Å². The molecule has 0 heterocycles. The van der Waals surface area contributed by atoms with E-state index in [1.54, 1.807) is 6.07 Å². The van der Waals surface area contributed by atoms with Gasteiger partial charge in [-0.05, 0) is 36.6 Å². The van der Waals surface area contributed by atoms with E-state index in [-0.39, 0.29) is 16.7 Å². The van der Waals surface area contributed by atoms with Gasteiger partial charge in [-0.2, -0.15) is 0 Å². The summed E-state index contributed by atoms with van der Waals surface area (Å²) >= 11 is 5.78. The second-order valence-corrected chi connectivity index (χ2v) is 4.96. The molecule has 0 aliphatic rings. The number of phenolic OH excluding ortho intramolecular Hbond substituents is 1. The lowest BCUT2D eigenvalue weighted by atomic mass is 10.1. The van der Waals surface area contributed by atoms with Gasteiger partial charge in [-0.1, -0.05) is 41.9 Å². The van der Waals surface area contributed by atoms with Crippen molar-refractivity contribution in [1.82, 2.24) is 0 Å². The van der Waals surface area contributed by atoms with Crippen molar-refractivity contribution < 1.29 is 9.90 Å². The van der Waals surface area contributed by atoms with Crippen molar-refractivity contribution in [2.75, 3.05) is 5.32 Å². The molecule has 2 rings (SSSR count). The van der Waals surface area contributed by atoms with Gasteiger partial charge in [-0.15, -0.1) is 0 Å². The van der Waals surface area contributed by atoms with Crippen LogP contribution in [0.2, 0.25) is 5.02 Å². The highest BCUT2D eigenvalue weighted by Gasteiger charge is 2.05. The zero-order valence-electron chi connectivity index (χ0n) is 11.0. The number of halogens is 1. The molecule has 0 radical (unpaired) electrons. The third kappa shape index (κ3) is 4.28. The van der Waals surface area contributed by atoms with Crippen molar-refractivity contribution in [3.8, 4) is 5.75 Å². The molecule has 0 atom stereocenters. The van der Waals surface area contributed by atoms with Gasteiger partial charge < -0.3 is 10.4 Å². The van der Waals surface area contributed by atoms with Gasteiger partial charge in [0.05, 0.1) is 5.02 Å². The van der Waals surface area contributed by atoms with E-state index in [9.17, 15) is 9.90 Å². The maximum absolute atomic E-state index is 11.8. The highest BCUT2D eigenvalue weighted by molar-refractivity contribution is 6.32. The van der Waals surface area contributed by atoms with Crippen LogP contribution in [-0.4, -0.2) is 11.0 Å². The van der Waals surface area contributed by atoms with Crippen LogP contribution in [0.5, 0.6) is 5.75 Å². The Labute approximate surface area is 123 Å². The van der Waals surface area contributed by atoms with Crippen molar-refractivity contribution in [3.63, 3.8) is 0 Å². The summed E-state index contributed by atoms with van der Waals surface area (Å²) in [6.45, 7) is 0. The summed E-state index contributed by atoms with van der Waals surface area (Å²) < 4.78 is 0. The molecule has 0 spiro atoms. The van der Waals surface area contributed by atoms with E-state index in [1.165, 1.54) is 17.7 Å². The summed E-state index contributed by atoms with van der Waals surface area (Å²) in [6.07, 6.45) is 2.12. The third-order valence-corrected chi connectivity index (χ3v) is 3.25. The van der Waals surface area contributed by atoms with Crippen LogP contribution >= 0.6 is 11.6 Å². The summed E-state index contributed by atoms with van der Waals surface area (Å²) in [5.74, 6) is -0.0450. The molecule has 20 heavy (non-hydrogen) atoms. The topological polar surface area (TPSA) is 49.3 Å². The molecule has 0 unspecified atom stereocenters. The van der Waals surface area contributed by atoms with E-state index in [0.717, 1.165) is 12.8 Å². The summed E-state index contributed by atoms with van der Waals surface area (Å²) in [4.78, 5) is 11.8. The molecule has 0 aliphatic carbocycles. The predicted molar refractivity (Wildman–Crippen MR) is 81.1 cm³/mol. The van der Waals surface area contributed by atoms with Crippen molar-refractivity contribution in [2.24, 2.45) is 0 Å². The van der Waals surface area contributed by atoms with Gasteiger partial charge in [-0.25, -0.2) is 0 Å². The molecule has 2 aromatic rings. The number of hydrogen-bond donors (Lipinski definition) is 2. The Morgan fingerprint density at radius 1 is 1.15 bits per heavy atom. The lowest BCUT2D eigenvalue weighted by Crippen LogP contribution is -2.11. The Hall–Kier alpha value is -2.00. The number of anilines is 1. The Kier molecular flexibility index (Phi) is 5.02. The van der Waals surface area contributed by atoms with Gasteiger partial charge in [0.15, 0.2) is 0 Å². The molecule has 0 saturated carbocycles. The van der Waals surface area contributed by atoms with E-state index in [4.69, 9.17) is 11.6 Å². The number of amides is 1. The Morgan fingerprint density at radius 3 is 2.60 bits per heavy atom. The smallest absolute Gasteiger partial charge is 0.224 e. The van der Waals surface area contributed by atoms with Crippen LogP contribution < -0.4 is 5.32 Å². The molecular formula is C16H16ClNO2. The minimum atomic E-state index is -0.0531. The van der Waals surface area contributed by atoms with Crippen LogP contribution in [0.3, 0.4) is 0 Å². The quantitative estimate of drug-likeness (QED) is 0.817. The van der Waals surface area contributed by atoms with E-state index >= 15 is 0 Å². The van der Waals surface area contributed by atoms with Crippen LogP contribution in [0.25, 0.3) is 0 Å². The SMILES string of the molecule is O=C(CCCc1ccccc1)Nc1ccc(O)c(Cl)c1. The highest BCUT2D eigenvalue weighted by Crippen LogP contribution is 2.26. The maximum Gasteiger partial charge on any atom is 0.224 e. The average Bonchev–Trinajstić information content (AvgIpc) is 2.44. The number of carbonyl (C=O) groups excluding carboxylic acids is 1. The zero-order chi connectivity index (χ0) is 14.4. The number of phenols is 1. The first-order chi connectivity index (χ1) is 9.65. The lowest BCUT2D eigenvalue weighted by Gasteiger charge is -2.06. The van der Waals surface area contributed by atoms with Crippen molar-refractivity contribution >= 4 is 23.2 Å². The standard InChI is InChI=1S/C16H16ClNO2/c17-14-11-13(9-10-15(14)19)18-16(20)8-4-7-12-5-2-1-3-6-12/h1-3,5-6,9-11,19H,4,7-8H2,(H,18,20). The van der Waals surface area contributed by atoms with Crippen molar-refractivity contribution in [2.45, 2.75) is 19.3 Å². The first-order valence-electron chi connectivity index (χ1n) is 6.47. The minimum Gasteiger partial charge on any atom is -0.506 e. The van der Waals surface area contributed by atoms with Crippen LogP contribution in [0.15, 0.2) is 48.5 Å². The first-order valence-corrected chi connectivity index (χ1v) is 6.85. The fourth-order valence-electron chi connectivity index (χ4n) is 1.91. The highest BCUT2D eigenvalue weighted by atomic mass is 35.5. The molecule has 0 fully saturated rings. The Balaban J connectivity index is 1.79. The minimum absolute atomic E-state index is 0.00810. The molecule has 104 valence electrons. The third-order valence-electron chi connectivity index (χ3n) is 2.94. The summed E-state index contributed by atoms with van der Waals surface area (Å²) in [5, 5.41) is 12.3. The average molecular weight is 290 g/mol. The molecule has 2 aromatic carbocycles. The zero-order valence-corrected chi connectivity index (χ0v) is 11.7. The number of rotatable bonds is 5. The Morgan fingerprint density at radius 2 is 1.90 bits per heavy atom. The van der Waals surface area contributed by atoms with Gasteiger partial charge in [0.1, 0.15) is 5.75 Å². The predicted octanol–water partition coefficient (Wildman–Crippen LogP) is 4.01. The lowest BCUT2D eigenvalue weighted by molar-refractivity contribution is -0.116. The maximum atomic E-state index is 11.8. The summed E-state index contributed by atoms with van der Waals surface area (Å²) in [6, 6.07) is 14.7. The van der Waals surface area contributed by atoms with Gasteiger partial charge >= 0.3 is 0 Å². The molecule has 4 heteroatoms. The monoisotopic (exact) mass is 289 g/mol.